The quantitative estimate of drug-likeness (QED) is 0.182. The Labute approximate surface area is 217 Å². The average molecular weight is 521 g/mol. The van der Waals surface area contributed by atoms with E-state index in [1.54, 1.807) is 41.3 Å². The summed E-state index contributed by atoms with van der Waals surface area (Å²) in [5, 5.41) is 12.1. The molecule has 3 aromatic carbocycles. The summed E-state index contributed by atoms with van der Waals surface area (Å²) in [6, 6.07) is 22.6. The first-order chi connectivity index (χ1) is 17.8. The Morgan fingerprint density at radius 3 is 2.38 bits per heavy atom. The van der Waals surface area contributed by atoms with Crippen molar-refractivity contribution in [2.45, 2.75) is 43.0 Å². The number of amidine groups is 1. The van der Waals surface area contributed by atoms with Gasteiger partial charge in [-0.05, 0) is 61.4 Å². The van der Waals surface area contributed by atoms with Gasteiger partial charge in [-0.2, -0.15) is 4.72 Å². The lowest BCUT2D eigenvalue weighted by molar-refractivity contribution is -0.134. The molecule has 1 aliphatic rings. The molecule has 194 valence electrons. The van der Waals surface area contributed by atoms with Crippen LogP contribution >= 0.6 is 0 Å². The smallest absolute Gasteiger partial charge is 0.241 e. The number of oxime groups is 1. The third-order valence-electron chi connectivity index (χ3n) is 6.77. The van der Waals surface area contributed by atoms with Gasteiger partial charge in [-0.25, -0.2) is 8.42 Å². The molecule has 4 N–H and O–H groups in total. The lowest BCUT2D eigenvalue weighted by atomic mass is 9.89. The van der Waals surface area contributed by atoms with Crippen molar-refractivity contribution in [1.29, 1.82) is 0 Å². The van der Waals surface area contributed by atoms with Crippen LogP contribution < -0.4 is 10.5 Å². The monoisotopic (exact) mass is 520 g/mol. The Morgan fingerprint density at radius 2 is 1.73 bits per heavy atom. The molecular weight excluding hydrogens is 488 g/mol. The summed E-state index contributed by atoms with van der Waals surface area (Å²) in [5.74, 6) is 0.0368. The van der Waals surface area contributed by atoms with Crippen molar-refractivity contribution in [3.63, 3.8) is 0 Å². The summed E-state index contributed by atoms with van der Waals surface area (Å²) in [4.78, 5) is 15.5. The van der Waals surface area contributed by atoms with E-state index in [9.17, 15) is 13.2 Å². The number of hydrogen-bond acceptors (Lipinski definition) is 5. The lowest BCUT2D eigenvalue weighted by Gasteiger charge is -2.34. The molecular formula is C28H32N4O4S. The topological polar surface area (TPSA) is 125 Å². The van der Waals surface area contributed by atoms with Gasteiger partial charge in [0.15, 0.2) is 5.84 Å². The number of rotatable bonds is 8. The van der Waals surface area contributed by atoms with Crippen molar-refractivity contribution in [2.75, 3.05) is 13.1 Å². The fraction of sp³-hybridized carbons (Fsp3) is 0.286. The fourth-order valence-corrected chi connectivity index (χ4v) is 5.87. The molecule has 1 aliphatic heterocycles. The van der Waals surface area contributed by atoms with Crippen LogP contribution in [-0.2, 0) is 21.2 Å². The number of piperidine rings is 1. The van der Waals surface area contributed by atoms with Gasteiger partial charge in [-0.3, -0.25) is 4.79 Å². The Balaban J connectivity index is 1.56. The maximum Gasteiger partial charge on any atom is 0.241 e. The number of likely N-dealkylation sites (tertiary alicyclic amines) is 1. The summed E-state index contributed by atoms with van der Waals surface area (Å²) in [7, 11) is -3.95. The summed E-state index contributed by atoms with van der Waals surface area (Å²) >= 11 is 0. The van der Waals surface area contributed by atoms with Gasteiger partial charge in [0.25, 0.3) is 0 Å². The second-order valence-corrected chi connectivity index (χ2v) is 11.1. The highest BCUT2D eigenvalue weighted by atomic mass is 32.2. The minimum Gasteiger partial charge on any atom is -0.409 e. The standard InChI is InChI=1S/C28H32N4O4S/c1-20-10-12-25(13-11-20)37(35,36)31-26(19-21-6-5-9-24(18-21)27(29)30-34)28(33)32-16-14-23(15-17-32)22-7-3-2-4-8-22/h2-13,18,23,26,31,34H,14-17,19H2,1H3,(H2,29,30)/t26-/m0/s1. The summed E-state index contributed by atoms with van der Waals surface area (Å²) in [6.07, 6.45) is 1.74. The van der Waals surface area contributed by atoms with E-state index in [-0.39, 0.29) is 23.1 Å². The zero-order valence-electron chi connectivity index (χ0n) is 20.7. The Hall–Kier alpha value is -3.69. The van der Waals surface area contributed by atoms with Gasteiger partial charge in [-0.15, -0.1) is 0 Å². The predicted molar refractivity (Wildman–Crippen MR) is 143 cm³/mol. The maximum absolute atomic E-state index is 13.7. The second kappa shape index (κ2) is 11.6. The van der Waals surface area contributed by atoms with Gasteiger partial charge >= 0.3 is 0 Å². The summed E-state index contributed by atoms with van der Waals surface area (Å²) in [5.41, 5.74) is 9.10. The minimum atomic E-state index is -3.95. The van der Waals surface area contributed by atoms with Gasteiger partial charge in [0, 0.05) is 18.7 Å². The molecule has 3 aromatic rings. The lowest BCUT2D eigenvalue weighted by Crippen LogP contribution is -2.51. The number of benzene rings is 3. The third kappa shape index (κ3) is 6.55. The highest BCUT2D eigenvalue weighted by Crippen LogP contribution is 2.28. The molecule has 0 spiro atoms. The second-order valence-electron chi connectivity index (χ2n) is 9.39. The number of aryl methyl sites for hydroxylation is 1. The van der Waals surface area contributed by atoms with E-state index in [1.807, 2.05) is 25.1 Å². The Morgan fingerprint density at radius 1 is 1.05 bits per heavy atom. The first-order valence-electron chi connectivity index (χ1n) is 12.3. The first kappa shape index (κ1) is 26.4. The van der Waals surface area contributed by atoms with Crippen LogP contribution in [-0.4, -0.2) is 49.4 Å². The number of carbonyl (C=O) groups excluding carboxylic acids is 1. The predicted octanol–water partition coefficient (Wildman–Crippen LogP) is 3.39. The van der Waals surface area contributed by atoms with Crippen molar-refractivity contribution in [2.24, 2.45) is 10.9 Å². The van der Waals surface area contributed by atoms with Gasteiger partial charge in [0.1, 0.15) is 6.04 Å². The van der Waals surface area contributed by atoms with Crippen LogP contribution in [0.4, 0.5) is 0 Å². The summed E-state index contributed by atoms with van der Waals surface area (Å²) in [6.45, 7) is 2.97. The molecule has 0 bridgehead atoms. The van der Waals surface area contributed by atoms with Gasteiger partial charge < -0.3 is 15.8 Å². The molecule has 8 nitrogen and oxygen atoms in total. The van der Waals surface area contributed by atoms with Crippen LogP contribution in [0.25, 0.3) is 0 Å². The van der Waals surface area contributed by atoms with E-state index in [0.717, 1.165) is 18.4 Å². The zero-order valence-corrected chi connectivity index (χ0v) is 21.6. The van der Waals surface area contributed by atoms with Gasteiger partial charge in [0.2, 0.25) is 15.9 Å². The SMILES string of the molecule is Cc1ccc(S(=O)(=O)N[C@@H](Cc2cccc(C(N)=NO)c2)C(=O)N2CCC(c3ccccc3)CC2)cc1. The molecule has 0 aromatic heterocycles. The zero-order chi connectivity index (χ0) is 26.4. The number of nitrogens with one attached hydrogen (secondary N) is 1. The Bertz CT molecular complexity index is 1350. The van der Waals surface area contributed by atoms with Crippen molar-refractivity contribution in [1.82, 2.24) is 9.62 Å². The molecule has 0 saturated carbocycles. The molecule has 0 unspecified atom stereocenters. The number of nitrogens with two attached hydrogens (primary N) is 1. The largest absolute Gasteiger partial charge is 0.409 e. The molecule has 4 rings (SSSR count). The average Bonchev–Trinajstić information content (AvgIpc) is 2.92. The molecule has 37 heavy (non-hydrogen) atoms. The first-order valence-corrected chi connectivity index (χ1v) is 13.7. The van der Waals surface area contributed by atoms with E-state index >= 15 is 0 Å². The molecule has 1 amide bonds. The minimum absolute atomic E-state index is 0.0621. The van der Waals surface area contributed by atoms with Crippen molar-refractivity contribution < 1.29 is 18.4 Å². The number of hydrogen-bond donors (Lipinski definition) is 3. The van der Waals surface area contributed by atoms with Crippen LogP contribution in [0.3, 0.4) is 0 Å². The number of nitrogens with zero attached hydrogens (tertiary/aromatic N) is 2. The van der Waals surface area contributed by atoms with E-state index in [4.69, 9.17) is 10.9 Å². The molecule has 1 heterocycles. The molecule has 1 saturated heterocycles. The highest BCUT2D eigenvalue weighted by molar-refractivity contribution is 7.89. The van der Waals surface area contributed by atoms with Crippen molar-refractivity contribution in [3.8, 4) is 0 Å². The van der Waals surface area contributed by atoms with Crippen molar-refractivity contribution >= 4 is 21.8 Å². The fourth-order valence-electron chi connectivity index (χ4n) is 4.68. The molecule has 1 atom stereocenters. The number of carbonyl (C=O) groups is 1. The normalized spacial score (nSPS) is 15.9. The molecule has 0 radical (unpaired) electrons. The molecule has 0 aliphatic carbocycles. The van der Waals surface area contributed by atoms with Crippen LogP contribution in [0.2, 0.25) is 0 Å². The van der Waals surface area contributed by atoms with Crippen LogP contribution in [0.1, 0.15) is 41.0 Å². The third-order valence-corrected chi connectivity index (χ3v) is 8.26. The van der Waals surface area contributed by atoms with E-state index in [2.05, 4.69) is 22.0 Å². The van der Waals surface area contributed by atoms with Crippen LogP contribution in [0.15, 0.2) is 88.9 Å². The Kier molecular flexibility index (Phi) is 8.25. The van der Waals surface area contributed by atoms with E-state index in [1.165, 1.54) is 17.7 Å². The van der Waals surface area contributed by atoms with Crippen molar-refractivity contribution in [3.05, 3.63) is 101 Å². The van der Waals surface area contributed by atoms with Gasteiger partial charge in [-0.1, -0.05) is 71.4 Å². The van der Waals surface area contributed by atoms with Crippen LogP contribution in [0.5, 0.6) is 0 Å². The van der Waals surface area contributed by atoms with Gasteiger partial charge in [0.05, 0.1) is 4.90 Å². The number of sulfonamides is 1. The molecule has 9 heteroatoms. The molecule has 1 fully saturated rings. The maximum atomic E-state index is 13.7. The van der Waals surface area contributed by atoms with E-state index < -0.39 is 16.1 Å². The number of amides is 1. The highest BCUT2D eigenvalue weighted by Gasteiger charge is 2.32. The van der Waals surface area contributed by atoms with E-state index in [0.29, 0.717) is 30.1 Å². The van der Waals surface area contributed by atoms with Crippen LogP contribution in [0, 0.1) is 6.92 Å². The summed E-state index contributed by atoms with van der Waals surface area (Å²) < 4.78 is 29.1.